The number of hydrogen-bond acceptors (Lipinski definition) is 1. The number of nitrogens with one attached hydrogen (secondary N) is 1. The number of hydrogen-bond donors (Lipinski definition) is 1. The van der Waals surface area contributed by atoms with E-state index in [0.29, 0.717) is 11.5 Å². The topological polar surface area (TPSA) is 12.0 Å². The molecule has 0 radical (unpaired) electrons. The maximum atomic E-state index is 5.26. The summed E-state index contributed by atoms with van der Waals surface area (Å²) in [5, 5.41) is 3.40. The van der Waals surface area contributed by atoms with Crippen LogP contribution in [0.2, 0.25) is 0 Å². The van der Waals surface area contributed by atoms with Crippen molar-refractivity contribution < 1.29 is 0 Å². The Bertz CT molecular complexity index is 194. The van der Waals surface area contributed by atoms with Gasteiger partial charge in [0.1, 0.15) is 0 Å². The van der Waals surface area contributed by atoms with E-state index in [1.165, 1.54) is 12.8 Å². The molecular formula is C14H27N. The summed E-state index contributed by atoms with van der Waals surface area (Å²) in [5.41, 5.74) is 0.404. The van der Waals surface area contributed by atoms with Crippen molar-refractivity contribution in [2.45, 2.75) is 59.4 Å². The van der Waals surface area contributed by atoms with Crippen LogP contribution >= 0.6 is 0 Å². The van der Waals surface area contributed by atoms with Crippen LogP contribution in [0.5, 0.6) is 0 Å². The van der Waals surface area contributed by atoms with E-state index >= 15 is 0 Å². The Hall–Kier alpha value is -0.480. The zero-order valence-electron chi connectivity index (χ0n) is 11.1. The van der Waals surface area contributed by atoms with Crippen LogP contribution in [-0.2, 0) is 0 Å². The lowest BCUT2D eigenvalue weighted by Gasteiger charge is -2.30. The second kappa shape index (κ2) is 6.90. The number of terminal acetylenes is 1. The third-order valence-electron chi connectivity index (χ3n) is 3.40. The monoisotopic (exact) mass is 209 g/mol. The second-order valence-electron chi connectivity index (χ2n) is 5.58. The third-order valence-corrected chi connectivity index (χ3v) is 3.40. The van der Waals surface area contributed by atoms with E-state index in [1.807, 2.05) is 0 Å². The van der Waals surface area contributed by atoms with Crippen LogP contribution in [0.25, 0.3) is 0 Å². The Labute approximate surface area is 96.0 Å². The van der Waals surface area contributed by atoms with Crippen LogP contribution in [-0.4, -0.2) is 13.1 Å². The molecule has 2 unspecified atom stereocenters. The quantitative estimate of drug-likeness (QED) is 0.522. The summed E-state index contributed by atoms with van der Waals surface area (Å²) < 4.78 is 0. The summed E-state index contributed by atoms with van der Waals surface area (Å²) in [5.74, 6) is 3.44. The van der Waals surface area contributed by atoms with Crippen molar-refractivity contribution in [2.75, 3.05) is 7.05 Å². The van der Waals surface area contributed by atoms with Gasteiger partial charge in [0, 0.05) is 12.5 Å². The number of rotatable bonds is 6. The minimum Gasteiger partial charge on any atom is -0.317 e. The van der Waals surface area contributed by atoms with Gasteiger partial charge in [-0.15, -0.1) is 12.3 Å². The summed E-state index contributed by atoms with van der Waals surface area (Å²) in [6, 6.07) is 0.618. The van der Waals surface area contributed by atoms with Gasteiger partial charge in [0.25, 0.3) is 0 Å². The molecule has 2 atom stereocenters. The summed E-state index contributed by atoms with van der Waals surface area (Å²) >= 11 is 0. The summed E-state index contributed by atoms with van der Waals surface area (Å²) in [4.78, 5) is 0. The molecular weight excluding hydrogens is 182 g/mol. The summed E-state index contributed by atoms with van der Waals surface area (Å²) in [6.07, 6.45) is 9.74. The third kappa shape index (κ3) is 6.57. The molecule has 1 nitrogen and oxygen atoms in total. The molecule has 0 aromatic carbocycles. The summed E-state index contributed by atoms with van der Waals surface area (Å²) in [7, 11) is 2.05. The minimum absolute atomic E-state index is 0.404. The number of unbranched alkanes of at least 4 members (excludes halogenated alkanes) is 1. The van der Waals surface area contributed by atoms with E-state index in [-0.39, 0.29) is 0 Å². The van der Waals surface area contributed by atoms with Crippen LogP contribution in [0, 0.1) is 23.7 Å². The van der Waals surface area contributed by atoms with Crippen molar-refractivity contribution >= 4 is 0 Å². The zero-order valence-corrected chi connectivity index (χ0v) is 11.1. The molecule has 0 aliphatic heterocycles. The molecule has 0 heterocycles. The van der Waals surface area contributed by atoms with E-state index in [0.717, 1.165) is 18.8 Å². The molecule has 0 spiro atoms. The molecule has 0 aliphatic rings. The molecule has 0 amide bonds. The highest BCUT2D eigenvalue weighted by Crippen LogP contribution is 2.29. The van der Waals surface area contributed by atoms with Gasteiger partial charge in [0.15, 0.2) is 0 Å². The molecule has 0 saturated carbocycles. The fourth-order valence-electron chi connectivity index (χ4n) is 1.61. The largest absolute Gasteiger partial charge is 0.317 e. The van der Waals surface area contributed by atoms with Crippen LogP contribution < -0.4 is 5.32 Å². The van der Waals surface area contributed by atoms with Crippen LogP contribution in [0.4, 0.5) is 0 Å². The molecule has 0 rings (SSSR count). The minimum atomic E-state index is 0.404. The zero-order chi connectivity index (χ0) is 11.9. The molecule has 0 saturated heterocycles. The van der Waals surface area contributed by atoms with Gasteiger partial charge in [-0.2, -0.15) is 0 Å². The lowest BCUT2D eigenvalue weighted by Crippen LogP contribution is -2.31. The average Bonchev–Trinajstić information content (AvgIpc) is 2.14. The normalized spacial score (nSPS) is 15.7. The van der Waals surface area contributed by atoms with Gasteiger partial charge in [-0.1, -0.05) is 27.7 Å². The van der Waals surface area contributed by atoms with Crippen molar-refractivity contribution in [3.63, 3.8) is 0 Å². The fraction of sp³-hybridized carbons (Fsp3) is 0.857. The van der Waals surface area contributed by atoms with Gasteiger partial charge in [0.05, 0.1) is 0 Å². The molecule has 0 aliphatic carbocycles. The first-order valence-corrected chi connectivity index (χ1v) is 6.02. The highest BCUT2D eigenvalue weighted by atomic mass is 14.9. The van der Waals surface area contributed by atoms with Crippen molar-refractivity contribution in [3.8, 4) is 12.3 Å². The highest BCUT2D eigenvalue weighted by molar-refractivity contribution is 4.84. The molecule has 15 heavy (non-hydrogen) atoms. The van der Waals surface area contributed by atoms with Crippen molar-refractivity contribution in [1.82, 2.24) is 5.32 Å². The molecule has 0 fully saturated rings. The van der Waals surface area contributed by atoms with Crippen LogP contribution in [0.15, 0.2) is 0 Å². The Morgan fingerprint density at radius 2 is 1.93 bits per heavy atom. The van der Waals surface area contributed by atoms with Crippen molar-refractivity contribution in [3.05, 3.63) is 0 Å². The molecule has 88 valence electrons. The second-order valence-corrected chi connectivity index (χ2v) is 5.58. The molecule has 1 heteroatoms. The van der Waals surface area contributed by atoms with E-state index in [2.05, 4.69) is 46.0 Å². The van der Waals surface area contributed by atoms with Crippen molar-refractivity contribution in [2.24, 2.45) is 11.3 Å². The lowest BCUT2D eigenvalue weighted by atomic mass is 9.78. The van der Waals surface area contributed by atoms with Gasteiger partial charge in [0.2, 0.25) is 0 Å². The van der Waals surface area contributed by atoms with Crippen molar-refractivity contribution in [1.29, 1.82) is 0 Å². The van der Waals surface area contributed by atoms with Gasteiger partial charge < -0.3 is 5.32 Å². The smallest absolute Gasteiger partial charge is 0.00866 e. The molecule has 0 bridgehead atoms. The van der Waals surface area contributed by atoms with E-state index in [1.54, 1.807) is 0 Å². The fourth-order valence-corrected chi connectivity index (χ4v) is 1.61. The predicted octanol–water partition coefficient (Wildman–Crippen LogP) is 3.45. The SMILES string of the molecule is C#CCCCC(CC(C)C(C)(C)C)NC. The van der Waals surface area contributed by atoms with E-state index in [4.69, 9.17) is 6.42 Å². The predicted molar refractivity (Wildman–Crippen MR) is 68.8 cm³/mol. The van der Waals surface area contributed by atoms with Crippen LogP contribution in [0.1, 0.15) is 53.4 Å². The first-order valence-electron chi connectivity index (χ1n) is 6.02. The Kier molecular flexibility index (Phi) is 6.68. The molecule has 0 aromatic heterocycles. The average molecular weight is 209 g/mol. The standard InChI is InChI=1S/C14H27N/c1-7-8-9-10-13(15-6)11-12(2)14(3,4)5/h1,12-13,15H,8-11H2,2-6H3. The van der Waals surface area contributed by atoms with Gasteiger partial charge in [-0.05, 0) is 37.6 Å². The highest BCUT2D eigenvalue weighted by Gasteiger charge is 2.22. The maximum absolute atomic E-state index is 5.26. The first kappa shape index (κ1) is 14.5. The lowest BCUT2D eigenvalue weighted by molar-refractivity contribution is 0.221. The Morgan fingerprint density at radius 1 is 1.33 bits per heavy atom. The first-order chi connectivity index (χ1) is 6.91. The molecule has 0 aromatic rings. The Morgan fingerprint density at radius 3 is 2.33 bits per heavy atom. The summed E-state index contributed by atoms with van der Waals surface area (Å²) in [6.45, 7) is 9.27. The van der Waals surface area contributed by atoms with E-state index < -0.39 is 0 Å². The maximum Gasteiger partial charge on any atom is 0.00866 e. The van der Waals surface area contributed by atoms with Gasteiger partial charge in [-0.3, -0.25) is 0 Å². The van der Waals surface area contributed by atoms with E-state index in [9.17, 15) is 0 Å². The molecule has 1 N–H and O–H groups in total. The van der Waals surface area contributed by atoms with Gasteiger partial charge >= 0.3 is 0 Å². The van der Waals surface area contributed by atoms with Gasteiger partial charge in [-0.25, -0.2) is 0 Å². The van der Waals surface area contributed by atoms with Crippen LogP contribution in [0.3, 0.4) is 0 Å². The Balaban J connectivity index is 3.94.